The minimum Gasteiger partial charge on any atom is -0.507 e. The Morgan fingerprint density at radius 2 is 1.54 bits per heavy atom. The fraction of sp³-hybridized carbons (Fsp3) is 0.455. The monoisotopic (exact) mass is 340 g/mol. The smallest absolute Gasteiger partial charge is 0.121 e. The number of rotatable bonds is 8. The molecule has 2 aromatic carbocycles. The van der Waals surface area contributed by atoms with Crippen molar-refractivity contribution in [2.75, 3.05) is 0 Å². The zero-order chi connectivity index (χ0) is 17.5. The molecule has 0 heterocycles. The summed E-state index contributed by atoms with van der Waals surface area (Å²) in [6.07, 6.45) is 5.27. The maximum atomic E-state index is 10.5. The molecule has 0 radical (unpaired) electrons. The number of phenolic OH excluding ortho intramolecular Hbond substituents is 1. The van der Waals surface area contributed by atoms with Crippen molar-refractivity contribution in [2.24, 2.45) is 0 Å². The molecule has 2 rings (SSSR count). The molecule has 0 saturated heterocycles. The minimum absolute atomic E-state index is 0.225. The summed E-state index contributed by atoms with van der Waals surface area (Å²) in [4.78, 5) is 0. The fourth-order valence-corrected chi connectivity index (χ4v) is 5.38. The van der Waals surface area contributed by atoms with Crippen LogP contribution in [-0.4, -0.2) is 14.6 Å². The highest BCUT2D eigenvalue weighted by Crippen LogP contribution is 2.27. The summed E-state index contributed by atoms with van der Waals surface area (Å²) in [7, 11) is -0.225. The van der Waals surface area contributed by atoms with Crippen LogP contribution in [-0.2, 0) is 19.3 Å². The van der Waals surface area contributed by atoms with Crippen LogP contribution in [0.25, 0.3) is 0 Å². The van der Waals surface area contributed by atoms with E-state index < -0.39 is 0 Å². The summed E-state index contributed by atoms with van der Waals surface area (Å²) >= 11 is 0. The van der Waals surface area contributed by atoms with E-state index >= 15 is 0 Å². The molecule has 0 bridgehead atoms. The zero-order valence-electron chi connectivity index (χ0n) is 15.8. The number of aromatic hydroxyl groups is 1. The van der Waals surface area contributed by atoms with Crippen molar-refractivity contribution in [1.82, 2.24) is 0 Å². The van der Waals surface area contributed by atoms with E-state index in [2.05, 4.69) is 58.0 Å². The van der Waals surface area contributed by atoms with E-state index in [1.54, 1.807) is 5.19 Å². The Bertz CT molecular complexity index is 649. The molecule has 1 N–H and O–H groups in total. The molecule has 0 fully saturated rings. The highest BCUT2D eigenvalue weighted by molar-refractivity contribution is 6.54. The van der Waals surface area contributed by atoms with Gasteiger partial charge in [-0.3, -0.25) is 0 Å². The van der Waals surface area contributed by atoms with Gasteiger partial charge in [0.05, 0.1) is 9.52 Å². The minimum atomic E-state index is -0.225. The van der Waals surface area contributed by atoms with Crippen molar-refractivity contribution in [3.8, 4) is 5.75 Å². The number of hydrogen-bond acceptors (Lipinski definition) is 1. The predicted molar refractivity (Wildman–Crippen MR) is 109 cm³/mol. The fourth-order valence-electron chi connectivity index (χ4n) is 3.46. The van der Waals surface area contributed by atoms with Gasteiger partial charge in [0.1, 0.15) is 5.75 Å². The second kappa shape index (κ2) is 9.07. The average molecular weight is 341 g/mol. The third kappa shape index (κ3) is 4.73. The lowest BCUT2D eigenvalue weighted by Crippen LogP contribution is -2.18. The predicted octanol–water partition coefficient (Wildman–Crippen LogP) is 4.37. The molecule has 0 saturated carbocycles. The molecule has 2 heteroatoms. The molecule has 0 amide bonds. The van der Waals surface area contributed by atoms with Gasteiger partial charge < -0.3 is 5.11 Å². The van der Waals surface area contributed by atoms with Gasteiger partial charge in [0.2, 0.25) is 0 Å². The highest BCUT2D eigenvalue weighted by Gasteiger charge is 2.10. The Hall–Kier alpha value is -1.54. The molecule has 1 nitrogen and oxygen atoms in total. The van der Waals surface area contributed by atoms with Gasteiger partial charge in [0, 0.05) is 0 Å². The lowest BCUT2D eigenvalue weighted by molar-refractivity contribution is 0.459. The quantitative estimate of drug-likeness (QED) is 0.708. The van der Waals surface area contributed by atoms with E-state index in [-0.39, 0.29) is 9.52 Å². The van der Waals surface area contributed by atoms with E-state index in [0.717, 1.165) is 43.2 Å². The molecule has 2 aromatic rings. The Labute approximate surface area is 150 Å². The van der Waals surface area contributed by atoms with E-state index in [1.807, 2.05) is 0 Å². The normalized spacial score (nSPS) is 11.5. The summed E-state index contributed by atoms with van der Waals surface area (Å²) in [5, 5.41) is 12.1. The standard InChI is InChI=1S/C22H32OSi/c1-5-8-19-14-18(15-20(9-6-2)22(19)23)12-13-24-21-11-7-10-16(3)17(21)4/h7,10-11,14-15,23H,5-6,8-9,12-13,24H2,1-4H3. The first-order chi connectivity index (χ1) is 11.6. The molecule has 0 unspecified atom stereocenters. The van der Waals surface area contributed by atoms with Gasteiger partial charge in [0.25, 0.3) is 0 Å². The molecule has 24 heavy (non-hydrogen) atoms. The maximum absolute atomic E-state index is 10.5. The lowest BCUT2D eigenvalue weighted by Gasteiger charge is -2.13. The molecule has 0 spiro atoms. The summed E-state index contributed by atoms with van der Waals surface area (Å²) in [6.45, 7) is 8.83. The Kier molecular flexibility index (Phi) is 7.10. The molecular formula is C22H32OSi. The highest BCUT2D eigenvalue weighted by atomic mass is 28.2. The SMILES string of the molecule is CCCc1cc(CC[SiH2]c2cccc(C)c2C)cc(CCC)c1O. The Morgan fingerprint density at radius 3 is 2.12 bits per heavy atom. The van der Waals surface area contributed by atoms with Crippen LogP contribution in [0.2, 0.25) is 6.04 Å². The van der Waals surface area contributed by atoms with Crippen molar-refractivity contribution in [3.05, 3.63) is 58.1 Å². The summed E-state index contributed by atoms with van der Waals surface area (Å²) in [5.41, 5.74) is 6.62. The zero-order valence-corrected chi connectivity index (χ0v) is 17.2. The Morgan fingerprint density at radius 1 is 0.917 bits per heavy atom. The van der Waals surface area contributed by atoms with Crippen LogP contribution in [0.5, 0.6) is 5.75 Å². The lowest BCUT2D eigenvalue weighted by atomic mass is 9.97. The van der Waals surface area contributed by atoms with E-state index in [1.165, 1.54) is 22.7 Å². The number of aryl methyl sites for hydroxylation is 4. The third-order valence-corrected chi connectivity index (χ3v) is 7.01. The molecule has 0 aliphatic heterocycles. The van der Waals surface area contributed by atoms with Gasteiger partial charge in [0.15, 0.2) is 0 Å². The number of phenols is 1. The maximum Gasteiger partial charge on any atom is 0.121 e. The van der Waals surface area contributed by atoms with Gasteiger partial charge in [-0.25, -0.2) is 0 Å². The molecule has 0 aliphatic rings. The molecule has 0 aromatic heterocycles. The topological polar surface area (TPSA) is 20.2 Å². The first kappa shape index (κ1) is 18.8. The van der Waals surface area contributed by atoms with Gasteiger partial charge >= 0.3 is 0 Å². The molecule has 0 atom stereocenters. The van der Waals surface area contributed by atoms with Crippen LogP contribution in [0.4, 0.5) is 0 Å². The van der Waals surface area contributed by atoms with E-state index in [9.17, 15) is 5.11 Å². The van der Waals surface area contributed by atoms with Gasteiger partial charge in [-0.1, -0.05) is 68.3 Å². The number of hydrogen-bond donors (Lipinski definition) is 1. The van der Waals surface area contributed by atoms with Crippen molar-refractivity contribution in [2.45, 2.75) is 65.8 Å². The van der Waals surface area contributed by atoms with E-state index in [0.29, 0.717) is 5.75 Å². The van der Waals surface area contributed by atoms with Crippen molar-refractivity contribution in [1.29, 1.82) is 0 Å². The molecule has 130 valence electrons. The van der Waals surface area contributed by atoms with E-state index in [4.69, 9.17) is 0 Å². The van der Waals surface area contributed by atoms with Gasteiger partial charge in [-0.05, 0) is 60.9 Å². The van der Waals surface area contributed by atoms with Crippen molar-refractivity contribution in [3.63, 3.8) is 0 Å². The largest absolute Gasteiger partial charge is 0.507 e. The Balaban J connectivity index is 2.09. The number of benzene rings is 2. The molecular weight excluding hydrogens is 308 g/mol. The summed E-state index contributed by atoms with van der Waals surface area (Å²) in [5.74, 6) is 0.550. The van der Waals surface area contributed by atoms with Crippen LogP contribution in [0.3, 0.4) is 0 Å². The van der Waals surface area contributed by atoms with Crippen LogP contribution >= 0.6 is 0 Å². The van der Waals surface area contributed by atoms with Crippen LogP contribution < -0.4 is 5.19 Å². The van der Waals surface area contributed by atoms with Gasteiger partial charge in [-0.15, -0.1) is 0 Å². The second-order valence-corrected chi connectivity index (χ2v) is 8.94. The second-order valence-electron chi connectivity index (χ2n) is 6.98. The van der Waals surface area contributed by atoms with Crippen molar-refractivity contribution >= 4 is 14.7 Å². The van der Waals surface area contributed by atoms with Crippen LogP contribution in [0.1, 0.15) is 54.5 Å². The average Bonchev–Trinajstić information content (AvgIpc) is 2.56. The summed E-state index contributed by atoms with van der Waals surface area (Å²) < 4.78 is 0. The van der Waals surface area contributed by atoms with Crippen LogP contribution in [0.15, 0.2) is 30.3 Å². The third-order valence-electron chi connectivity index (χ3n) is 4.99. The summed E-state index contributed by atoms with van der Waals surface area (Å²) in [6, 6.07) is 12.5. The van der Waals surface area contributed by atoms with Crippen LogP contribution in [0, 0.1) is 13.8 Å². The first-order valence-corrected chi connectivity index (χ1v) is 11.2. The molecule has 0 aliphatic carbocycles. The van der Waals surface area contributed by atoms with Crippen molar-refractivity contribution < 1.29 is 5.11 Å². The first-order valence-electron chi connectivity index (χ1n) is 9.45. The van der Waals surface area contributed by atoms with Gasteiger partial charge in [-0.2, -0.15) is 0 Å².